The first kappa shape index (κ1) is 20.8. The lowest BCUT2D eigenvalue weighted by Gasteiger charge is -2.27. The summed E-state index contributed by atoms with van der Waals surface area (Å²) in [5.41, 5.74) is 3.26. The number of aryl methyl sites for hydroxylation is 1. The molecule has 0 radical (unpaired) electrons. The summed E-state index contributed by atoms with van der Waals surface area (Å²) in [6.07, 6.45) is 3.08. The highest BCUT2D eigenvalue weighted by Crippen LogP contribution is 2.41. The number of amides is 1. The zero-order chi connectivity index (χ0) is 22.0. The number of nitrogens with zero attached hydrogens (tertiary/aromatic N) is 1. The fourth-order valence-corrected chi connectivity index (χ4v) is 3.95. The summed E-state index contributed by atoms with van der Waals surface area (Å²) in [5.74, 6) is -1.51. The molecule has 31 heavy (non-hydrogen) atoms. The van der Waals surface area contributed by atoms with Gasteiger partial charge in [-0.25, -0.2) is 0 Å². The molecule has 1 aliphatic rings. The molecule has 1 amide bonds. The maximum Gasteiger partial charge on any atom is 0.294 e. The first-order valence-electron chi connectivity index (χ1n) is 9.82. The Bertz CT molecular complexity index is 1200. The SMILES string of the molecule is Cc1cccc(N2C(=O)C(O)=C(C(=O)/C=C/c3ccccc3)C2c2ccc(Br)cc2)c1. The minimum absolute atomic E-state index is 0.0704. The van der Waals surface area contributed by atoms with Gasteiger partial charge in [-0.05, 0) is 54.0 Å². The number of benzene rings is 3. The van der Waals surface area contributed by atoms with Crippen molar-refractivity contribution < 1.29 is 14.7 Å². The van der Waals surface area contributed by atoms with E-state index in [-0.39, 0.29) is 5.57 Å². The molecule has 0 saturated heterocycles. The lowest BCUT2D eigenvalue weighted by atomic mass is 9.95. The molecule has 1 heterocycles. The lowest BCUT2D eigenvalue weighted by Crippen LogP contribution is -2.30. The van der Waals surface area contributed by atoms with Gasteiger partial charge >= 0.3 is 0 Å². The van der Waals surface area contributed by atoms with Crippen molar-refractivity contribution in [2.24, 2.45) is 0 Å². The van der Waals surface area contributed by atoms with E-state index >= 15 is 0 Å². The predicted octanol–water partition coefficient (Wildman–Crippen LogP) is 5.94. The average Bonchev–Trinajstić information content (AvgIpc) is 3.04. The molecule has 3 aromatic rings. The Morgan fingerprint density at radius 1 is 1.00 bits per heavy atom. The van der Waals surface area contributed by atoms with Gasteiger partial charge < -0.3 is 5.11 Å². The number of carbonyl (C=O) groups excluding carboxylic acids is 2. The van der Waals surface area contributed by atoms with E-state index in [0.29, 0.717) is 5.69 Å². The van der Waals surface area contributed by atoms with Crippen molar-refractivity contribution in [1.82, 2.24) is 0 Å². The molecule has 1 aliphatic heterocycles. The van der Waals surface area contributed by atoms with Crippen molar-refractivity contribution in [3.8, 4) is 0 Å². The molecular formula is C26H20BrNO3. The molecule has 0 spiro atoms. The summed E-state index contributed by atoms with van der Waals surface area (Å²) in [7, 11) is 0. The second kappa shape index (κ2) is 8.74. The highest BCUT2D eigenvalue weighted by molar-refractivity contribution is 9.10. The van der Waals surface area contributed by atoms with Crippen LogP contribution in [0.25, 0.3) is 6.08 Å². The molecule has 1 atom stereocenters. The minimum Gasteiger partial charge on any atom is -0.503 e. The van der Waals surface area contributed by atoms with Crippen LogP contribution < -0.4 is 4.90 Å². The lowest BCUT2D eigenvalue weighted by molar-refractivity contribution is -0.117. The van der Waals surface area contributed by atoms with Gasteiger partial charge in [0.1, 0.15) is 0 Å². The van der Waals surface area contributed by atoms with Gasteiger partial charge in [0.2, 0.25) is 0 Å². The van der Waals surface area contributed by atoms with Crippen LogP contribution in [0.3, 0.4) is 0 Å². The highest BCUT2D eigenvalue weighted by atomic mass is 79.9. The second-order valence-electron chi connectivity index (χ2n) is 7.34. The van der Waals surface area contributed by atoms with Crippen molar-refractivity contribution in [2.45, 2.75) is 13.0 Å². The summed E-state index contributed by atoms with van der Waals surface area (Å²) in [4.78, 5) is 27.7. The van der Waals surface area contributed by atoms with Crippen LogP contribution in [0.15, 0.2) is 101 Å². The highest BCUT2D eigenvalue weighted by Gasteiger charge is 2.43. The van der Waals surface area contributed by atoms with E-state index in [1.54, 1.807) is 12.1 Å². The van der Waals surface area contributed by atoms with E-state index in [2.05, 4.69) is 15.9 Å². The van der Waals surface area contributed by atoms with Crippen LogP contribution in [0.4, 0.5) is 5.69 Å². The molecule has 0 aromatic heterocycles. The fraction of sp³-hybridized carbons (Fsp3) is 0.0769. The van der Waals surface area contributed by atoms with Crippen LogP contribution in [0.2, 0.25) is 0 Å². The summed E-state index contributed by atoms with van der Waals surface area (Å²) in [6.45, 7) is 1.93. The third-order valence-electron chi connectivity index (χ3n) is 5.17. The third-order valence-corrected chi connectivity index (χ3v) is 5.69. The summed E-state index contributed by atoms with van der Waals surface area (Å²) >= 11 is 3.42. The van der Waals surface area contributed by atoms with Crippen LogP contribution in [0.1, 0.15) is 22.7 Å². The number of anilines is 1. The first-order valence-corrected chi connectivity index (χ1v) is 10.6. The molecule has 154 valence electrons. The molecule has 0 aliphatic carbocycles. The topological polar surface area (TPSA) is 57.6 Å². The number of aliphatic hydroxyl groups excluding tert-OH is 1. The third kappa shape index (κ3) is 4.23. The molecule has 5 heteroatoms. The van der Waals surface area contributed by atoms with Gasteiger partial charge in [0.05, 0.1) is 11.6 Å². The summed E-state index contributed by atoms with van der Waals surface area (Å²) in [6, 6.07) is 23.5. The minimum atomic E-state index is -0.727. The van der Waals surface area contributed by atoms with E-state index in [0.717, 1.165) is 21.2 Å². The normalized spacial score (nSPS) is 16.4. The monoisotopic (exact) mass is 473 g/mol. The molecule has 0 bridgehead atoms. The van der Waals surface area contributed by atoms with Crippen LogP contribution in [-0.4, -0.2) is 16.8 Å². The number of carbonyl (C=O) groups is 2. The number of allylic oxidation sites excluding steroid dienone is 1. The largest absolute Gasteiger partial charge is 0.503 e. The zero-order valence-electron chi connectivity index (χ0n) is 16.8. The Balaban J connectivity index is 1.79. The molecule has 0 saturated carbocycles. The standard InChI is InChI=1S/C26H20BrNO3/c1-17-6-5-9-21(16-17)28-24(19-11-13-20(27)14-12-19)23(25(30)26(28)31)22(29)15-10-18-7-3-2-4-8-18/h2-16,24,30H,1H3/b15-10+. The van der Waals surface area contributed by atoms with E-state index in [9.17, 15) is 14.7 Å². The van der Waals surface area contributed by atoms with Crippen molar-refractivity contribution >= 4 is 39.4 Å². The van der Waals surface area contributed by atoms with Crippen LogP contribution in [-0.2, 0) is 9.59 Å². The van der Waals surface area contributed by atoms with Crippen LogP contribution >= 0.6 is 15.9 Å². The Kier molecular flexibility index (Phi) is 5.87. The van der Waals surface area contributed by atoms with Crippen molar-refractivity contribution in [1.29, 1.82) is 0 Å². The second-order valence-corrected chi connectivity index (χ2v) is 8.25. The van der Waals surface area contributed by atoms with E-state index in [4.69, 9.17) is 0 Å². The van der Waals surface area contributed by atoms with Gasteiger partial charge in [0.25, 0.3) is 5.91 Å². The van der Waals surface area contributed by atoms with Gasteiger partial charge in [-0.3, -0.25) is 14.5 Å². The van der Waals surface area contributed by atoms with Gasteiger partial charge in [-0.1, -0.05) is 76.6 Å². The van der Waals surface area contributed by atoms with E-state index in [1.807, 2.05) is 79.7 Å². The van der Waals surface area contributed by atoms with E-state index < -0.39 is 23.5 Å². The van der Waals surface area contributed by atoms with Gasteiger partial charge in [-0.15, -0.1) is 0 Å². The molecule has 0 fully saturated rings. The maximum absolute atomic E-state index is 13.2. The Labute approximate surface area is 189 Å². The number of halogens is 1. The van der Waals surface area contributed by atoms with E-state index in [1.165, 1.54) is 11.0 Å². The first-order chi connectivity index (χ1) is 15.0. The smallest absolute Gasteiger partial charge is 0.294 e. The number of hydrogen-bond acceptors (Lipinski definition) is 3. The molecule has 1 N–H and O–H groups in total. The van der Waals surface area contributed by atoms with Crippen molar-refractivity contribution in [3.05, 3.63) is 117 Å². The molecular weight excluding hydrogens is 454 g/mol. The van der Waals surface area contributed by atoms with Gasteiger partial charge in [0, 0.05) is 10.2 Å². The van der Waals surface area contributed by atoms with Gasteiger partial charge in [-0.2, -0.15) is 0 Å². The summed E-state index contributed by atoms with van der Waals surface area (Å²) in [5, 5.41) is 10.7. The molecule has 4 nitrogen and oxygen atoms in total. The van der Waals surface area contributed by atoms with Crippen molar-refractivity contribution in [3.63, 3.8) is 0 Å². The Hall–Kier alpha value is -3.44. The molecule has 3 aromatic carbocycles. The number of aliphatic hydroxyl groups is 1. The maximum atomic E-state index is 13.2. The van der Waals surface area contributed by atoms with Crippen LogP contribution in [0.5, 0.6) is 0 Å². The Morgan fingerprint density at radius 2 is 1.71 bits per heavy atom. The zero-order valence-corrected chi connectivity index (χ0v) is 18.4. The quantitative estimate of drug-likeness (QED) is 0.466. The average molecular weight is 474 g/mol. The van der Waals surface area contributed by atoms with Gasteiger partial charge in [0.15, 0.2) is 11.5 Å². The predicted molar refractivity (Wildman–Crippen MR) is 126 cm³/mol. The number of rotatable bonds is 5. The number of hydrogen-bond donors (Lipinski definition) is 1. The number of ketones is 1. The summed E-state index contributed by atoms with van der Waals surface area (Å²) < 4.78 is 0.882. The van der Waals surface area contributed by atoms with Crippen LogP contribution in [0, 0.1) is 6.92 Å². The Morgan fingerprint density at radius 3 is 2.39 bits per heavy atom. The van der Waals surface area contributed by atoms with Crippen molar-refractivity contribution in [2.75, 3.05) is 4.90 Å². The fourth-order valence-electron chi connectivity index (χ4n) is 3.69. The molecule has 4 rings (SSSR count). The molecule has 1 unspecified atom stereocenters.